The van der Waals surface area contributed by atoms with E-state index in [4.69, 9.17) is 4.74 Å². The number of amides is 1. The molecule has 5 nitrogen and oxygen atoms in total. The van der Waals surface area contributed by atoms with Crippen LogP contribution in [0.3, 0.4) is 0 Å². The van der Waals surface area contributed by atoms with Crippen LogP contribution in [0.4, 0.5) is 10.5 Å². The molecule has 5 heteroatoms. The van der Waals surface area contributed by atoms with Gasteiger partial charge in [-0.3, -0.25) is 5.32 Å². The molecule has 13 heavy (non-hydrogen) atoms. The minimum atomic E-state index is -0.521. The predicted molar refractivity (Wildman–Crippen MR) is 46.8 cm³/mol. The zero-order chi connectivity index (χ0) is 9.68. The van der Waals surface area contributed by atoms with Crippen LogP contribution in [0.2, 0.25) is 0 Å². The van der Waals surface area contributed by atoms with Crippen molar-refractivity contribution in [3.63, 3.8) is 0 Å². The minimum absolute atomic E-state index is 0.496. The van der Waals surface area contributed by atoms with E-state index < -0.39 is 6.09 Å². The molecule has 70 valence electrons. The smallest absolute Gasteiger partial charge is 0.411 e. The Bertz CT molecular complexity index is 284. The average Bonchev–Trinajstić information content (AvgIpc) is 2.19. The van der Waals surface area contributed by atoms with Crippen LogP contribution >= 0.6 is 0 Å². The Labute approximate surface area is 75.7 Å². The Balaban J connectivity index is 2.64. The lowest BCUT2D eigenvalue weighted by Crippen LogP contribution is -2.10. The van der Waals surface area contributed by atoms with E-state index in [2.05, 4.69) is 15.0 Å². The normalized spacial score (nSPS) is 9.08. The van der Waals surface area contributed by atoms with E-state index in [0.717, 1.165) is 0 Å². The van der Waals surface area contributed by atoms with E-state index in [1.165, 1.54) is 20.4 Å². The number of nitrogens with one attached hydrogen (secondary N) is 1. The second-order valence-corrected chi connectivity index (χ2v) is 2.21. The fraction of sp³-hybridized carbons (Fsp3) is 0.250. The van der Waals surface area contributed by atoms with Crippen LogP contribution in [-0.4, -0.2) is 25.3 Å². The highest BCUT2D eigenvalue weighted by molar-refractivity contribution is 5.84. The third-order valence-electron chi connectivity index (χ3n) is 1.38. The summed E-state index contributed by atoms with van der Waals surface area (Å²) in [7, 11) is 2.82. The molecule has 1 N–H and O–H groups in total. The molecule has 0 aliphatic rings. The summed E-state index contributed by atoms with van der Waals surface area (Å²) in [5.74, 6) is 0.496. The van der Waals surface area contributed by atoms with E-state index in [-0.39, 0.29) is 0 Å². The fourth-order valence-corrected chi connectivity index (χ4v) is 0.744. The van der Waals surface area contributed by atoms with Gasteiger partial charge in [-0.15, -0.1) is 0 Å². The second kappa shape index (κ2) is 4.30. The first kappa shape index (κ1) is 9.31. The molecule has 0 spiro atoms. The van der Waals surface area contributed by atoms with E-state index in [9.17, 15) is 4.79 Å². The van der Waals surface area contributed by atoms with Crippen molar-refractivity contribution in [2.24, 2.45) is 0 Å². The first-order valence-electron chi connectivity index (χ1n) is 3.61. The number of hydrogen-bond donors (Lipinski definition) is 1. The standard InChI is InChI=1S/C8H10N2O3/c1-12-7-4-3-6(5-9-7)10-8(11)13-2/h3-5H,1-2H3,(H,10,11). The van der Waals surface area contributed by atoms with Crippen LogP contribution < -0.4 is 10.1 Å². The third-order valence-corrected chi connectivity index (χ3v) is 1.38. The summed E-state index contributed by atoms with van der Waals surface area (Å²) in [6.45, 7) is 0. The SMILES string of the molecule is COC(=O)Nc1ccc(OC)nc1. The fourth-order valence-electron chi connectivity index (χ4n) is 0.744. The van der Waals surface area contributed by atoms with Crippen molar-refractivity contribution in [3.05, 3.63) is 18.3 Å². The zero-order valence-electron chi connectivity index (χ0n) is 7.40. The van der Waals surface area contributed by atoms with Gasteiger partial charge in [0.25, 0.3) is 0 Å². The molecule has 0 atom stereocenters. The van der Waals surface area contributed by atoms with Crippen LogP contribution in [0.25, 0.3) is 0 Å². The van der Waals surface area contributed by atoms with Crippen LogP contribution in [-0.2, 0) is 4.74 Å². The van der Waals surface area contributed by atoms with Crippen LogP contribution in [0.15, 0.2) is 18.3 Å². The van der Waals surface area contributed by atoms with Crippen molar-refractivity contribution in [1.29, 1.82) is 0 Å². The van der Waals surface area contributed by atoms with E-state index in [1.807, 2.05) is 0 Å². The van der Waals surface area contributed by atoms with Gasteiger partial charge in [0, 0.05) is 6.07 Å². The van der Waals surface area contributed by atoms with Gasteiger partial charge in [-0.05, 0) is 6.07 Å². The van der Waals surface area contributed by atoms with Crippen molar-refractivity contribution in [2.45, 2.75) is 0 Å². The number of aromatic nitrogens is 1. The van der Waals surface area contributed by atoms with Crippen molar-refractivity contribution >= 4 is 11.8 Å². The predicted octanol–water partition coefficient (Wildman–Crippen LogP) is 1.27. The Kier molecular flexibility index (Phi) is 3.08. The average molecular weight is 182 g/mol. The first-order chi connectivity index (χ1) is 6.26. The third kappa shape index (κ3) is 2.62. The van der Waals surface area contributed by atoms with Crippen molar-refractivity contribution in [2.75, 3.05) is 19.5 Å². The number of nitrogens with zero attached hydrogens (tertiary/aromatic N) is 1. The first-order valence-corrected chi connectivity index (χ1v) is 3.61. The van der Waals surface area contributed by atoms with Gasteiger partial charge in [0.1, 0.15) is 0 Å². The summed E-state index contributed by atoms with van der Waals surface area (Å²) < 4.78 is 9.25. The van der Waals surface area contributed by atoms with Crippen LogP contribution in [0.1, 0.15) is 0 Å². The number of ether oxygens (including phenoxy) is 2. The van der Waals surface area contributed by atoms with Crippen molar-refractivity contribution < 1.29 is 14.3 Å². The van der Waals surface area contributed by atoms with Gasteiger partial charge in [-0.2, -0.15) is 0 Å². The molecule has 0 saturated carbocycles. The summed E-state index contributed by atoms with van der Waals surface area (Å²) in [6.07, 6.45) is 0.961. The largest absolute Gasteiger partial charge is 0.481 e. The van der Waals surface area contributed by atoms with Gasteiger partial charge in [0.05, 0.1) is 26.1 Å². The highest BCUT2D eigenvalue weighted by Gasteiger charge is 2.00. The summed E-state index contributed by atoms with van der Waals surface area (Å²) in [5, 5.41) is 2.46. The van der Waals surface area contributed by atoms with E-state index >= 15 is 0 Å². The van der Waals surface area contributed by atoms with Gasteiger partial charge < -0.3 is 9.47 Å². The number of hydrogen-bond acceptors (Lipinski definition) is 4. The Morgan fingerprint density at radius 2 is 2.23 bits per heavy atom. The maximum atomic E-state index is 10.7. The molecule has 0 aliphatic heterocycles. The summed E-state index contributed by atoms with van der Waals surface area (Å²) >= 11 is 0. The Morgan fingerprint density at radius 1 is 1.46 bits per heavy atom. The topological polar surface area (TPSA) is 60.5 Å². The summed E-state index contributed by atoms with van der Waals surface area (Å²) in [4.78, 5) is 14.6. The maximum absolute atomic E-state index is 10.7. The van der Waals surface area contributed by atoms with Gasteiger partial charge in [0.2, 0.25) is 5.88 Å². The number of rotatable bonds is 2. The van der Waals surface area contributed by atoms with Gasteiger partial charge in [-0.25, -0.2) is 9.78 Å². The lowest BCUT2D eigenvalue weighted by Gasteiger charge is -2.03. The molecule has 1 aromatic rings. The molecular formula is C8H10N2O3. The number of carbonyl (C=O) groups is 1. The molecule has 0 radical (unpaired) electrons. The molecule has 1 rings (SSSR count). The summed E-state index contributed by atoms with van der Waals surface area (Å²) in [6, 6.07) is 3.31. The molecule has 0 saturated heterocycles. The second-order valence-electron chi connectivity index (χ2n) is 2.21. The minimum Gasteiger partial charge on any atom is -0.481 e. The van der Waals surface area contributed by atoms with Crippen LogP contribution in [0, 0.1) is 0 Å². The van der Waals surface area contributed by atoms with Crippen LogP contribution in [0.5, 0.6) is 5.88 Å². The molecule has 0 aliphatic carbocycles. The quantitative estimate of drug-likeness (QED) is 0.748. The maximum Gasteiger partial charge on any atom is 0.411 e. The van der Waals surface area contributed by atoms with Gasteiger partial charge in [-0.1, -0.05) is 0 Å². The summed E-state index contributed by atoms with van der Waals surface area (Å²) in [5.41, 5.74) is 0.563. The highest BCUT2D eigenvalue weighted by atomic mass is 16.5. The zero-order valence-corrected chi connectivity index (χ0v) is 7.40. The van der Waals surface area contributed by atoms with Crippen molar-refractivity contribution in [1.82, 2.24) is 4.98 Å². The van der Waals surface area contributed by atoms with Crippen molar-refractivity contribution in [3.8, 4) is 5.88 Å². The molecule has 0 bridgehead atoms. The number of anilines is 1. The molecule has 1 heterocycles. The molecule has 0 aromatic carbocycles. The molecule has 0 unspecified atom stereocenters. The molecule has 1 aromatic heterocycles. The number of pyridine rings is 1. The lowest BCUT2D eigenvalue weighted by molar-refractivity contribution is 0.187. The lowest BCUT2D eigenvalue weighted by atomic mass is 10.4. The van der Waals surface area contributed by atoms with E-state index in [1.54, 1.807) is 12.1 Å². The highest BCUT2D eigenvalue weighted by Crippen LogP contribution is 2.10. The number of carbonyl (C=O) groups excluding carboxylic acids is 1. The molecule has 1 amide bonds. The van der Waals surface area contributed by atoms with Gasteiger partial charge >= 0.3 is 6.09 Å². The number of methoxy groups -OCH3 is 2. The van der Waals surface area contributed by atoms with Gasteiger partial charge in [0.15, 0.2) is 0 Å². The molecule has 0 fully saturated rings. The van der Waals surface area contributed by atoms with E-state index in [0.29, 0.717) is 11.6 Å². The molecular weight excluding hydrogens is 172 g/mol. The Morgan fingerprint density at radius 3 is 2.69 bits per heavy atom. The Hall–Kier alpha value is -1.78. The monoisotopic (exact) mass is 182 g/mol.